The maximum atomic E-state index is 12.4. The van der Waals surface area contributed by atoms with Crippen LogP contribution in [-0.2, 0) is 6.54 Å². The third kappa shape index (κ3) is 3.48. The summed E-state index contributed by atoms with van der Waals surface area (Å²) in [6.07, 6.45) is -0.445. The number of carbonyl (C=O) groups excluding carboxylic acids is 1. The number of azide groups is 2. The predicted octanol–water partition coefficient (Wildman–Crippen LogP) is 2.89. The van der Waals surface area contributed by atoms with Crippen LogP contribution in [0.2, 0.25) is 0 Å². The van der Waals surface area contributed by atoms with Crippen LogP contribution in [0, 0.1) is 5.92 Å². The third-order valence-electron chi connectivity index (χ3n) is 3.58. The molecule has 1 aliphatic heterocycles. The Bertz CT molecular complexity index is 669. The molecule has 1 heterocycles. The van der Waals surface area contributed by atoms with Crippen molar-refractivity contribution >= 4 is 11.6 Å². The van der Waals surface area contributed by atoms with Gasteiger partial charge < -0.3 is 10.0 Å². The first-order chi connectivity index (χ1) is 10.5. The first-order valence-corrected chi connectivity index (χ1v) is 6.72. The first kappa shape index (κ1) is 15.7. The van der Waals surface area contributed by atoms with Crippen molar-refractivity contribution in [3.63, 3.8) is 0 Å². The molecule has 0 aliphatic carbocycles. The van der Waals surface area contributed by atoms with Gasteiger partial charge in [-0.25, -0.2) is 0 Å². The van der Waals surface area contributed by atoms with E-state index in [0.717, 1.165) is 0 Å². The molecule has 1 aromatic rings. The molecule has 1 aromatic carbocycles. The van der Waals surface area contributed by atoms with Crippen molar-refractivity contribution in [1.29, 1.82) is 0 Å². The Hall–Kier alpha value is -2.73. The number of aliphatic hydroxyl groups is 1. The standard InChI is InChI=1S/C13H15N7O2/c1-8(21)11-6-20(7-11)13(22)10-2-9(5-16-18-14)3-12(4-10)17-19-15/h2-4,8,11,21H,5-7H2,1H3/t8-/m1/s1. The smallest absolute Gasteiger partial charge is 0.253 e. The van der Waals surface area contributed by atoms with E-state index < -0.39 is 6.10 Å². The summed E-state index contributed by atoms with van der Waals surface area (Å²) in [5.41, 5.74) is 18.2. The predicted molar refractivity (Wildman–Crippen MR) is 79.2 cm³/mol. The van der Waals surface area contributed by atoms with Crippen LogP contribution in [-0.4, -0.2) is 35.1 Å². The molecule has 0 saturated carbocycles. The normalized spacial score (nSPS) is 15.3. The van der Waals surface area contributed by atoms with Crippen LogP contribution in [0.15, 0.2) is 28.4 Å². The van der Waals surface area contributed by atoms with E-state index in [1.54, 1.807) is 24.0 Å². The molecule has 0 aromatic heterocycles. The maximum absolute atomic E-state index is 12.4. The van der Waals surface area contributed by atoms with Crippen LogP contribution in [0.5, 0.6) is 0 Å². The zero-order valence-electron chi connectivity index (χ0n) is 12.0. The fraction of sp³-hybridized carbons (Fsp3) is 0.462. The number of amides is 1. The molecule has 0 unspecified atom stereocenters. The van der Waals surface area contributed by atoms with Gasteiger partial charge in [0.15, 0.2) is 0 Å². The molecular formula is C13H15N7O2. The Labute approximate surface area is 126 Å². The van der Waals surface area contributed by atoms with E-state index in [1.807, 2.05) is 0 Å². The Balaban J connectivity index is 2.22. The van der Waals surface area contributed by atoms with Gasteiger partial charge in [-0.05, 0) is 41.7 Å². The van der Waals surface area contributed by atoms with Gasteiger partial charge in [-0.1, -0.05) is 10.2 Å². The summed E-state index contributed by atoms with van der Waals surface area (Å²) in [7, 11) is 0. The van der Waals surface area contributed by atoms with Crippen LogP contribution in [0.3, 0.4) is 0 Å². The minimum atomic E-state index is -0.445. The molecule has 1 N–H and O–H groups in total. The summed E-state index contributed by atoms with van der Waals surface area (Å²) in [5.74, 6) is -0.110. The number of hydrogen-bond acceptors (Lipinski definition) is 4. The van der Waals surface area contributed by atoms with Gasteiger partial charge in [0, 0.05) is 40.1 Å². The highest BCUT2D eigenvalue weighted by Gasteiger charge is 2.34. The van der Waals surface area contributed by atoms with Crippen molar-refractivity contribution in [2.45, 2.75) is 19.6 Å². The molecule has 22 heavy (non-hydrogen) atoms. The van der Waals surface area contributed by atoms with E-state index in [1.165, 1.54) is 6.07 Å². The number of likely N-dealkylation sites (tertiary alicyclic amines) is 1. The van der Waals surface area contributed by atoms with E-state index in [0.29, 0.717) is 29.9 Å². The molecule has 114 valence electrons. The van der Waals surface area contributed by atoms with Crippen LogP contribution in [0.1, 0.15) is 22.8 Å². The maximum Gasteiger partial charge on any atom is 0.253 e. The van der Waals surface area contributed by atoms with Crippen molar-refractivity contribution in [3.05, 3.63) is 50.2 Å². The highest BCUT2D eigenvalue weighted by Crippen LogP contribution is 2.25. The Morgan fingerprint density at radius 2 is 2.14 bits per heavy atom. The molecule has 0 spiro atoms. The van der Waals surface area contributed by atoms with Gasteiger partial charge in [-0.15, -0.1) is 0 Å². The summed E-state index contributed by atoms with van der Waals surface area (Å²) < 4.78 is 0. The fourth-order valence-electron chi connectivity index (χ4n) is 2.28. The zero-order valence-corrected chi connectivity index (χ0v) is 12.0. The molecule has 1 aliphatic rings. The molecule has 9 heteroatoms. The Kier molecular flexibility index (Phi) is 4.85. The van der Waals surface area contributed by atoms with Crippen molar-refractivity contribution in [2.75, 3.05) is 13.1 Å². The molecule has 1 saturated heterocycles. The minimum absolute atomic E-state index is 0.0713. The second kappa shape index (κ2) is 6.82. The molecule has 0 bridgehead atoms. The molecule has 9 nitrogen and oxygen atoms in total. The van der Waals surface area contributed by atoms with Gasteiger partial charge in [0.05, 0.1) is 12.6 Å². The van der Waals surface area contributed by atoms with Crippen LogP contribution >= 0.6 is 0 Å². The molecule has 1 atom stereocenters. The highest BCUT2D eigenvalue weighted by molar-refractivity contribution is 5.95. The highest BCUT2D eigenvalue weighted by atomic mass is 16.3. The fourth-order valence-corrected chi connectivity index (χ4v) is 2.28. The number of benzene rings is 1. The van der Waals surface area contributed by atoms with E-state index in [9.17, 15) is 9.90 Å². The average molecular weight is 301 g/mol. The summed E-state index contributed by atoms with van der Waals surface area (Å²) >= 11 is 0. The van der Waals surface area contributed by atoms with Crippen LogP contribution in [0.25, 0.3) is 20.9 Å². The van der Waals surface area contributed by atoms with E-state index in [4.69, 9.17) is 11.1 Å². The summed E-state index contributed by atoms with van der Waals surface area (Å²) in [6, 6.07) is 4.68. The minimum Gasteiger partial charge on any atom is -0.393 e. The SMILES string of the molecule is C[C@@H](O)C1CN(C(=O)c2cc(CN=[N+]=[N-])cc(N=[N+]=[N-])c2)C1. The van der Waals surface area contributed by atoms with Crippen molar-refractivity contribution < 1.29 is 9.90 Å². The lowest BCUT2D eigenvalue weighted by atomic mass is 9.93. The third-order valence-corrected chi connectivity index (χ3v) is 3.58. The lowest BCUT2D eigenvalue weighted by molar-refractivity contribution is 0.00882. The quantitative estimate of drug-likeness (QED) is 0.507. The summed E-state index contributed by atoms with van der Waals surface area (Å²) in [4.78, 5) is 19.4. The molecule has 1 amide bonds. The largest absolute Gasteiger partial charge is 0.393 e. The molecule has 1 fully saturated rings. The number of rotatable bonds is 5. The van der Waals surface area contributed by atoms with Gasteiger partial charge in [-0.3, -0.25) is 4.79 Å². The number of hydrogen-bond donors (Lipinski definition) is 1. The molecular weight excluding hydrogens is 286 g/mol. The van der Waals surface area contributed by atoms with Crippen LogP contribution in [0.4, 0.5) is 5.69 Å². The molecule has 2 rings (SSSR count). The van der Waals surface area contributed by atoms with E-state index in [-0.39, 0.29) is 18.4 Å². The number of carbonyl (C=O) groups is 1. The lowest BCUT2D eigenvalue weighted by Gasteiger charge is -2.40. The van der Waals surface area contributed by atoms with E-state index >= 15 is 0 Å². The van der Waals surface area contributed by atoms with Crippen molar-refractivity contribution in [2.24, 2.45) is 16.1 Å². The van der Waals surface area contributed by atoms with Crippen molar-refractivity contribution in [3.8, 4) is 0 Å². The van der Waals surface area contributed by atoms with Gasteiger partial charge >= 0.3 is 0 Å². The van der Waals surface area contributed by atoms with Crippen molar-refractivity contribution in [1.82, 2.24) is 4.90 Å². The van der Waals surface area contributed by atoms with Gasteiger partial charge in [0.1, 0.15) is 0 Å². The second-order valence-electron chi connectivity index (χ2n) is 5.18. The van der Waals surface area contributed by atoms with E-state index in [2.05, 4.69) is 20.1 Å². The lowest BCUT2D eigenvalue weighted by Crippen LogP contribution is -2.53. The van der Waals surface area contributed by atoms with Gasteiger partial charge in [0.25, 0.3) is 5.91 Å². The van der Waals surface area contributed by atoms with Gasteiger partial charge in [-0.2, -0.15) is 0 Å². The average Bonchev–Trinajstić information content (AvgIpc) is 2.43. The summed E-state index contributed by atoms with van der Waals surface area (Å²) in [5, 5.41) is 16.4. The van der Waals surface area contributed by atoms with Gasteiger partial charge in [0.2, 0.25) is 0 Å². The Morgan fingerprint density at radius 1 is 1.41 bits per heavy atom. The Morgan fingerprint density at radius 3 is 2.73 bits per heavy atom. The monoisotopic (exact) mass is 301 g/mol. The topological polar surface area (TPSA) is 138 Å². The summed E-state index contributed by atoms with van der Waals surface area (Å²) in [6.45, 7) is 2.76. The second-order valence-corrected chi connectivity index (χ2v) is 5.18. The molecule has 0 radical (unpaired) electrons. The van der Waals surface area contributed by atoms with Crippen LogP contribution < -0.4 is 0 Å². The number of aliphatic hydroxyl groups excluding tert-OH is 1. The number of nitrogens with zero attached hydrogens (tertiary/aromatic N) is 7. The first-order valence-electron chi connectivity index (χ1n) is 6.72. The zero-order chi connectivity index (χ0) is 16.1.